The van der Waals surface area contributed by atoms with E-state index in [1.54, 1.807) is 32.5 Å². The minimum absolute atomic E-state index is 0.105. The van der Waals surface area contributed by atoms with Gasteiger partial charge in [0, 0.05) is 31.4 Å². The van der Waals surface area contributed by atoms with Crippen LogP contribution in [0.25, 0.3) is 0 Å². The number of hydrogen-bond donors (Lipinski definition) is 0. The summed E-state index contributed by atoms with van der Waals surface area (Å²) in [4.78, 5) is 19.7. The Morgan fingerprint density at radius 3 is 2.10 bits per heavy atom. The van der Waals surface area contributed by atoms with Crippen LogP contribution in [0.2, 0.25) is 0 Å². The van der Waals surface area contributed by atoms with Crippen LogP contribution in [0.15, 0.2) is 72.9 Å². The zero-order valence-electron chi connectivity index (χ0n) is 16.9. The first-order valence-electron chi connectivity index (χ1n) is 9.67. The number of methoxy groups -OCH3 is 2. The number of amides is 1. The van der Waals surface area contributed by atoms with Crippen molar-refractivity contribution in [1.29, 1.82) is 0 Å². The Labute approximate surface area is 171 Å². The summed E-state index contributed by atoms with van der Waals surface area (Å²) in [7, 11) is 3.13. The van der Waals surface area contributed by atoms with E-state index in [1.807, 2.05) is 47.4 Å². The first kappa shape index (κ1) is 20.4. The highest BCUT2D eigenvalue weighted by Gasteiger charge is 2.23. The van der Waals surface area contributed by atoms with E-state index in [1.165, 1.54) is 5.56 Å². The zero-order chi connectivity index (χ0) is 20.5. The van der Waals surface area contributed by atoms with E-state index in [-0.39, 0.29) is 5.91 Å². The Balaban J connectivity index is 1.84. The van der Waals surface area contributed by atoms with Crippen molar-refractivity contribution in [2.24, 2.45) is 0 Å². The van der Waals surface area contributed by atoms with Crippen molar-refractivity contribution in [3.05, 3.63) is 89.7 Å². The van der Waals surface area contributed by atoms with Crippen LogP contribution in [0, 0.1) is 0 Å². The predicted octanol–water partition coefficient (Wildman–Crippen LogP) is 4.03. The summed E-state index contributed by atoms with van der Waals surface area (Å²) in [5, 5.41) is 0. The van der Waals surface area contributed by atoms with Crippen LogP contribution >= 0.6 is 0 Å². The fourth-order valence-corrected chi connectivity index (χ4v) is 3.24. The van der Waals surface area contributed by atoms with Gasteiger partial charge in [0.1, 0.15) is 17.1 Å². The number of nitrogens with zero attached hydrogens (tertiary/aromatic N) is 2. The number of ether oxygens (including phenoxy) is 2. The van der Waals surface area contributed by atoms with Gasteiger partial charge in [-0.25, -0.2) is 0 Å². The molecule has 1 aromatic heterocycles. The van der Waals surface area contributed by atoms with Crippen LogP contribution < -0.4 is 9.47 Å². The molecule has 0 unspecified atom stereocenters. The van der Waals surface area contributed by atoms with E-state index in [2.05, 4.69) is 17.1 Å². The van der Waals surface area contributed by atoms with E-state index in [9.17, 15) is 4.79 Å². The van der Waals surface area contributed by atoms with Gasteiger partial charge in [0.15, 0.2) is 0 Å². The van der Waals surface area contributed by atoms with Crippen molar-refractivity contribution < 1.29 is 14.3 Å². The van der Waals surface area contributed by atoms with Crippen molar-refractivity contribution in [3.8, 4) is 11.5 Å². The molecule has 0 spiro atoms. The van der Waals surface area contributed by atoms with Crippen molar-refractivity contribution in [3.63, 3.8) is 0 Å². The molecule has 0 saturated heterocycles. The third kappa shape index (κ3) is 5.35. The van der Waals surface area contributed by atoms with Crippen LogP contribution in [0.1, 0.15) is 21.6 Å². The number of hydrogen-bond acceptors (Lipinski definition) is 4. The standard InChI is InChI=1S/C24H26N2O3/c1-28-21-12-8-13-22(29-2)23(21)24(27)26(17-14-19-9-4-3-5-10-19)18-15-20-11-6-7-16-25-20/h3-13,16H,14-15,17-18H2,1-2H3. The Morgan fingerprint density at radius 2 is 1.48 bits per heavy atom. The zero-order valence-corrected chi connectivity index (χ0v) is 16.9. The molecule has 0 fully saturated rings. The molecule has 2 aromatic carbocycles. The number of pyridine rings is 1. The molecule has 0 saturated carbocycles. The van der Waals surface area contributed by atoms with E-state index in [0.717, 1.165) is 12.1 Å². The number of carbonyl (C=O) groups excluding carboxylic acids is 1. The Hall–Kier alpha value is -3.34. The molecule has 29 heavy (non-hydrogen) atoms. The highest BCUT2D eigenvalue weighted by atomic mass is 16.5. The second-order valence-electron chi connectivity index (χ2n) is 6.64. The molecule has 0 aliphatic heterocycles. The van der Waals surface area contributed by atoms with E-state index in [0.29, 0.717) is 36.6 Å². The van der Waals surface area contributed by atoms with Gasteiger partial charge in [0.25, 0.3) is 5.91 Å². The average molecular weight is 390 g/mol. The largest absolute Gasteiger partial charge is 0.496 e. The summed E-state index contributed by atoms with van der Waals surface area (Å²) < 4.78 is 10.9. The molecular formula is C24H26N2O3. The molecule has 5 heteroatoms. The molecule has 3 aromatic rings. The first-order chi connectivity index (χ1) is 14.2. The van der Waals surface area contributed by atoms with Crippen molar-refractivity contribution in [1.82, 2.24) is 9.88 Å². The van der Waals surface area contributed by atoms with Crippen molar-refractivity contribution in [2.75, 3.05) is 27.3 Å². The number of aromatic nitrogens is 1. The van der Waals surface area contributed by atoms with Gasteiger partial charge in [-0.1, -0.05) is 42.5 Å². The Morgan fingerprint density at radius 1 is 0.828 bits per heavy atom. The third-order valence-corrected chi connectivity index (χ3v) is 4.81. The lowest BCUT2D eigenvalue weighted by Crippen LogP contribution is -2.35. The van der Waals surface area contributed by atoms with Crippen LogP contribution in [0.3, 0.4) is 0 Å². The van der Waals surface area contributed by atoms with Gasteiger partial charge < -0.3 is 14.4 Å². The topological polar surface area (TPSA) is 51.7 Å². The van der Waals surface area contributed by atoms with Crippen molar-refractivity contribution >= 4 is 5.91 Å². The predicted molar refractivity (Wildman–Crippen MR) is 114 cm³/mol. The number of carbonyl (C=O) groups is 1. The summed E-state index contributed by atoms with van der Waals surface area (Å²) in [5.41, 5.74) is 2.60. The van der Waals surface area contributed by atoms with Crippen LogP contribution in [0.5, 0.6) is 11.5 Å². The fourth-order valence-electron chi connectivity index (χ4n) is 3.24. The molecule has 0 radical (unpaired) electrons. The fraction of sp³-hybridized carbons (Fsp3) is 0.250. The molecule has 0 aliphatic carbocycles. The molecule has 1 heterocycles. The second-order valence-corrected chi connectivity index (χ2v) is 6.64. The average Bonchev–Trinajstić information content (AvgIpc) is 2.79. The Kier molecular flexibility index (Phi) is 7.22. The van der Waals surface area contributed by atoms with Gasteiger partial charge in [-0.15, -0.1) is 0 Å². The summed E-state index contributed by atoms with van der Waals surface area (Å²) in [6.45, 7) is 1.15. The molecule has 3 rings (SSSR count). The maximum atomic E-state index is 13.5. The Bertz CT molecular complexity index is 848. The molecule has 150 valence electrons. The summed E-state index contributed by atoms with van der Waals surface area (Å²) in [6, 6.07) is 21.4. The van der Waals surface area contributed by atoms with Gasteiger partial charge in [-0.2, -0.15) is 0 Å². The van der Waals surface area contributed by atoms with Gasteiger partial charge in [0.2, 0.25) is 0 Å². The molecule has 1 amide bonds. The maximum Gasteiger partial charge on any atom is 0.261 e. The lowest BCUT2D eigenvalue weighted by atomic mass is 10.1. The minimum Gasteiger partial charge on any atom is -0.496 e. The number of rotatable bonds is 9. The summed E-state index contributed by atoms with van der Waals surface area (Å²) in [5.74, 6) is 0.917. The molecular weight excluding hydrogens is 364 g/mol. The molecule has 5 nitrogen and oxygen atoms in total. The van der Waals surface area contributed by atoms with Gasteiger partial charge in [-0.3, -0.25) is 9.78 Å². The van der Waals surface area contributed by atoms with E-state index < -0.39 is 0 Å². The highest BCUT2D eigenvalue weighted by molar-refractivity contribution is 5.99. The summed E-state index contributed by atoms with van der Waals surface area (Å²) >= 11 is 0. The third-order valence-electron chi connectivity index (χ3n) is 4.81. The van der Waals surface area contributed by atoms with E-state index in [4.69, 9.17) is 9.47 Å². The molecule has 0 aliphatic rings. The molecule has 0 N–H and O–H groups in total. The van der Waals surface area contributed by atoms with Gasteiger partial charge >= 0.3 is 0 Å². The molecule has 0 atom stereocenters. The monoisotopic (exact) mass is 390 g/mol. The van der Waals surface area contributed by atoms with Crippen LogP contribution in [0.4, 0.5) is 0 Å². The van der Waals surface area contributed by atoms with Gasteiger partial charge in [0.05, 0.1) is 14.2 Å². The normalized spacial score (nSPS) is 10.4. The highest BCUT2D eigenvalue weighted by Crippen LogP contribution is 2.29. The number of benzene rings is 2. The smallest absolute Gasteiger partial charge is 0.261 e. The van der Waals surface area contributed by atoms with Crippen molar-refractivity contribution in [2.45, 2.75) is 12.8 Å². The maximum absolute atomic E-state index is 13.5. The minimum atomic E-state index is -0.105. The SMILES string of the molecule is COc1cccc(OC)c1C(=O)N(CCc1ccccc1)CCc1ccccn1. The quantitative estimate of drug-likeness (QED) is 0.554. The van der Waals surface area contributed by atoms with Crippen LogP contribution in [-0.2, 0) is 12.8 Å². The lowest BCUT2D eigenvalue weighted by Gasteiger charge is -2.24. The summed E-state index contributed by atoms with van der Waals surface area (Å²) in [6.07, 6.45) is 3.22. The lowest BCUT2D eigenvalue weighted by molar-refractivity contribution is 0.0752. The first-order valence-corrected chi connectivity index (χ1v) is 9.67. The molecule has 0 bridgehead atoms. The van der Waals surface area contributed by atoms with Gasteiger partial charge in [-0.05, 0) is 36.2 Å². The van der Waals surface area contributed by atoms with Crippen LogP contribution in [-0.4, -0.2) is 43.1 Å². The van der Waals surface area contributed by atoms with E-state index >= 15 is 0 Å². The second kappa shape index (κ2) is 10.3.